The molecule has 4 rings (SSSR count). The van der Waals surface area contributed by atoms with Crippen molar-refractivity contribution in [2.75, 3.05) is 20.1 Å². The van der Waals surface area contributed by atoms with Gasteiger partial charge in [-0.3, -0.25) is 15.0 Å². The van der Waals surface area contributed by atoms with Crippen LogP contribution in [0.1, 0.15) is 33.9 Å². The second-order valence-electron chi connectivity index (χ2n) is 7.08. The Hall–Kier alpha value is -3.00. The van der Waals surface area contributed by atoms with E-state index in [0.717, 1.165) is 54.0 Å². The van der Waals surface area contributed by atoms with Gasteiger partial charge in [-0.2, -0.15) is 10.2 Å². The molecule has 0 atom stereocenters. The number of benzene rings is 1. The topological polar surface area (TPSA) is 89.7 Å². The Labute approximate surface area is 162 Å². The molecule has 3 heterocycles. The van der Waals surface area contributed by atoms with E-state index < -0.39 is 0 Å². The van der Waals surface area contributed by atoms with Gasteiger partial charge in [-0.1, -0.05) is 12.1 Å². The molecule has 0 saturated heterocycles. The molecule has 0 bridgehead atoms. The quantitative estimate of drug-likeness (QED) is 0.610. The third kappa shape index (κ3) is 3.82. The maximum atomic E-state index is 13.4. The molecule has 0 radical (unpaired) electrons. The van der Waals surface area contributed by atoms with Crippen LogP contribution in [-0.4, -0.2) is 51.3 Å². The summed E-state index contributed by atoms with van der Waals surface area (Å²) in [6.07, 6.45) is 2.41. The first kappa shape index (κ1) is 18.4. The van der Waals surface area contributed by atoms with Gasteiger partial charge in [0.05, 0.1) is 5.69 Å². The molecule has 146 valence electrons. The fraction of sp³-hybridized carbons (Fsp3) is 0.350. The zero-order valence-electron chi connectivity index (χ0n) is 15.8. The number of aryl methyl sites for hydroxylation is 1. The molecule has 28 heavy (non-hydrogen) atoms. The fourth-order valence-electron chi connectivity index (χ4n) is 3.48. The lowest BCUT2D eigenvalue weighted by Crippen LogP contribution is -2.31. The number of hydrogen-bond donors (Lipinski definition) is 3. The third-order valence-corrected chi connectivity index (χ3v) is 5.05. The zero-order chi connectivity index (χ0) is 19.5. The molecule has 1 aliphatic rings. The predicted molar refractivity (Wildman–Crippen MR) is 103 cm³/mol. The van der Waals surface area contributed by atoms with Crippen molar-refractivity contribution in [1.82, 2.24) is 30.6 Å². The van der Waals surface area contributed by atoms with E-state index in [1.807, 2.05) is 12.1 Å². The largest absolute Gasteiger partial charge is 0.340 e. The monoisotopic (exact) mass is 382 g/mol. The summed E-state index contributed by atoms with van der Waals surface area (Å²) in [7, 11) is 1.80. The molecule has 1 amide bonds. The Morgan fingerprint density at radius 1 is 1.25 bits per heavy atom. The summed E-state index contributed by atoms with van der Waals surface area (Å²) >= 11 is 0. The van der Waals surface area contributed by atoms with E-state index in [9.17, 15) is 9.18 Å². The number of aromatic amines is 2. The number of hydrogen-bond acceptors (Lipinski definition) is 4. The van der Waals surface area contributed by atoms with Crippen LogP contribution in [0, 0.1) is 5.82 Å². The zero-order valence-corrected chi connectivity index (χ0v) is 15.8. The van der Waals surface area contributed by atoms with Crippen molar-refractivity contribution in [3.05, 3.63) is 58.8 Å². The number of H-pyrrole nitrogens is 2. The number of halogens is 1. The van der Waals surface area contributed by atoms with Crippen LogP contribution in [0.15, 0.2) is 30.3 Å². The van der Waals surface area contributed by atoms with Gasteiger partial charge >= 0.3 is 0 Å². The first-order valence-electron chi connectivity index (χ1n) is 9.44. The van der Waals surface area contributed by atoms with Gasteiger partial charge in [-0.15, -0.1) is 0 Å². The number of nitrogens with one attached hydrogen (secondary N) is 3. The molecule has 0 fully saturated rings. The normalized spacial score (nSPS) is 13.4. The van der Waals surface area contributed by atoms with Crippen molar-refractivity contribution in [2.24, 2.45) is 0 Å². The predicted octanol–water partition coefficient (Wildman–Crippen LogP) is 2.29. The molecule has 0 spiro atoms. The van der Waals surface area contributed by atoms with E-state index in [0.29, 0.717) is 18.8 Å². The van der Waals surface area contributed by atoms with Crippen LogP contribution in [0.2, 0.25) is 0 Å². The van der Waals surface area contributed by atoms with Gasteiger partial charge in [-0.05, 0) is 31.0 Å². The minimum Gasteiger partial charge on any atom is -0.340 e. The summed E-state index contributed by atoms with van der Waals surface area (Å²) in [4.78, 5) is 14.4. The lowest BCUT2D eigenvalue weighted by Gasteiger charge is -2.18. The van der Waals surface area contributed by atoms with Crippen LogP contribution >= 0.6 is 0 Å². The number of rotatable bonds is 6. The minimum atomic E-state index is -0.280. The van der Waals surface area contributed by atoms with Crippen LogP contribution in [0.25, 0.3) is 11.3 Å². The van der Waals surface area contributed by atoms with Crippen molar-refractivity contribution in [2.45, 2.75) is 25.8 Å². The highest BCUT2D eigenvalue weighted by atomic mass is 19.1. The number of fused-ring (bicyclic) bond motifs is 1. The maximum Gasteiger partial charge on any atom is 0.274 e. The summed E-state index contributed by atoms with van der Waals surface area (Å²) in [6, 6.07) is 8.30. The molecule has 3 aromatic rings. The number of carbonyl (C=O) groups excluding carboxylic acids is 1. The summed E-state index contributed by atoms with van der Waals surface area (Å²) in [5.74, 6) is -0.343. The Morgan fingerprint density at radius 2 is 2.14 bits per heavy atom. The molecular weight excluding hydrogens is 359 g/mol. The van der Waals surface area contributed by atoms with Crippen molar-refractivity contribution >= 4 is 5.91 Å². The van der Waals surface area contributed by atoms with Crippen LogP contribution in [-0.2, 0) is 19.4 Å². The number of nitrogens with zero attached hydrogens (tertiary/aromatic N) is 3. The molecule has 0 aliphatic carbocycles. The van der Waals surface area contributed by atoms with Gasteiger partial charge in [0.2, 0.25) is 0 Å². The Kier molecular flexibility index (Phi) is 5.21. The second kappa shape index (κ2) is 7.93. The Morgan fingerprint density at radius 3 is 3.00 bits per heavy atom. The van der Waals surface area contributed by atoms with E-state index in [4.69, 9.17) is 0 Å². The summed E-state index contributed by atoms with van der Waals surface area (Å²) in [6.45, 7) is 2.19. The van der Waals surface area contributed by atoms with E-state index in [-0.39, 0.29) is 11.7 Å². The molecule has 8 heteroatoms. The Bertz CT molecular complexity index is 979. The number of amides is 1. The van der Waals surface area contributed by atoms with Gasteiger partial charge in [0, 0.05) is 55.6 Å². The van der Waals surface area contributed by atoms with Crippen LogP contribution < -0.4 is 5.32 Å². The summed E-state index contributed by atoms with van der Waals surface area (Å²) in [5, 5.41) is 17.7. The van der Waals surface area contributed by atoms with Crippen molar-refractivity contribution in [1.29, 1.82) is 0 Å². The molecule has 0 saturated carbocycles. The molecule has 2 aromatic heterocycles. The standard InChI is InChI=1S/C20H23FN6O/c1-27(20(28)19-16-12-22-8-7-17(16)24-26-19)9-3-6-15-11-18(25-23-15)13-4-2-5-14(21)10-13/h2,4-5,10-11,22H,3,6-9,12H2,1H3,(H,23,25)(H,24,26). The van der Waals surface area contributed by atoms with Crippen molar-refractivity contribution < 1.29 is 9.18 Å². The molecule has 1 aliphatic heterocycles. The average molecular weight is 382 g/mol. The SMILES string of the molecule is CN(CCCc1cc(-c2cccc(F)c2)n[nH]1)C(=O)c1n[nH]c2c1CNCC2. The number of carbonyl (C=O) groups is 1. The summed E-state index contributed by atoms with van der Waals surface area (Å²) in [5.41, 5.74) is 4.97. The maximum absolute atomic E-state index is 13.4. The van der Waals surface area contributed by atoms with Gasteiger partial charge in [0.1, 0.15) is 5.82 Å². The lowest BCUT2D eigenvalue weighted by atomic mass is 10.1. The van der Waals surface area contributed by atoms with Crippen LogP contribution in [0.3, 0.4) is 0 Å². The van der Waals surface area contributed by atoms with E-state index in [1.54, 1.807) is 18.0 Å². The van der Waals surface area contributed by atoms with Gasteiger partial charge < -0.3 is 10.2 Å². The fourth-order valence-corrected chi connectivity index (χ4v) is 3.48. The molecule has 0 unspecified atom stereocenters. The first-order valence-corrected chi connectivity index (χ1v) is 9.44. The van der Waals surface area contributed by atoms with E-state index in [1.165, 1.54) is 12.1 Å². The smallest absolute Gasteiger partial charge is 0.274 e. The van der Waals surface area contributed by atoms with Gasteiger partial charge in [0.15, 0.2) is 5.69 Å². The van der Waals surface area contributed by atoms with E-state index >= 15 is 0 Å². The minimum absolute atomic E-state index is 0.0636. The first-order chi connectivity index (χ1) is 13.6. The average Bonchev–Trinajstić information content (AvgIpc) is 3.34. The Balaban J connectivity index is 1.33. The van der Waals surface area contributed by atoms with Crippen LogP contribution in [0.4, 0.5) is 4.39 Å². The highest BCUT2D eigenvalue weighted by Crippen LogP contribution is 2.20. The molecule has 7 nitrogen and oxygen atoms in total. The molecule has 3 N–H and O–H groups in total. The van der Waals surface area contributed by atoms with Gasteiger partial charge in [-0.25, -0.2) is 4.39 Å². The lowest BCUT2D eigenvalue weighted by molar-refractivity contribution is 0.0786. The molecule has 1 aromatic carbocycles. The van der Waals surface area contributed by atoms with Crippen molar-refractivity contribution in [3.8, 4) is 11.3 Å². The van der Waals surface area contributed by atoms with Crippen LogP contribution in [0.5, 0.6) is 0 Å². The molecular formula is C20H23FN6O. The highest BCUT2D eigenvalue weighted by Gasteiger charge is 2.23. The second-order valence-corrected chi connectivity index (χ2v) is 7.08. The van der Waals surface area contributed by atoms with E-state index in [2.05, 4.69) is 25.7 Å². The highest BCUT2D eigenvalue weighted by molar-refractivity contribution is 5.93. The van der Waals surface area contributed by atoms with Gasteiger partial charge in [0.25, 0.3) is 5.91 Å². The third-order valence-electron chi connectivity index (χ3n) is 5.05. The summed E-state index contributed by atoms with van der Waals surface area (Å²) < 4.78 is 13.4. The van der Waals surface area contributed by atoms with Crippen molar-refractivity contribution in [3.63, 3.8) is 0 Å². The number of aromatic nitrogens is 4.